The van der Waals surface area contributed by atoms with Crippen LogP contribution in [0.2, 0.25) is 5.02 Å². The molecule has 0 bridgehead atoms. The lowest BCUT2D eigenvalue weighted by atomic mass is 10.2. The van der Waals surface area contributed by atoms with Gasteiger partial charge in [0.2, 0.25) is 0 Å². The molecule has 0 aliphatic carbocycles. The third-order valence-electron chi connectivity index (χ3n) is 3.07. The minimum Gasteiger partial charge on any atom is -0.489 e. The summed E-state index contributed by atoms with van der Waals surface area (Å²) >= 11 is 7.78. The van der Waals surface area contributed by atoms with Gasteiger partial charge in [-0.05, 0) is 23.6 Å². The molecule has 3 rings (SSSR count). The van der Waals surface area contributed by atoms with Gasteiger partial charge in [-0.1, -0.05) is 17.7 Å². The fourth-order valence-corrected chi connectivity index (χ4v) is 2.95. The molecule has 0 fully saturated rings. The molecule has 1 aromatic carbocycles. The van der Waals surface area contributed by atoms with Crippen molar-refractivity contribution in [3.63, 3.8) is 0 Å². The molecule has 4 nitrogen and oxygen atoms in total. The monoisotopic (exact) mass is 323 g/mol. The third kappa shape index (κ3) is 3.31. The van der Waals surface area contributed by atoms with Gasteiger partial charge >= 0.3 is 0 Å². The number of carbonyl (C=O) groups excluding carboxylic acids is 1. The molecule has 110 valence electrons. The van der Waals surface area contributed by atoms with E-state index in [0.717, 1.165) is 11.3 Å². The van der Waals surface area contributed by atoms with Crippen molar-refractivity contribution in [1.82, 2.24) is 5.32 Å². The van der Waals surface area contributed by atoms with E-state index in [0.29, 0.717) is 41.8 Å². The Labute approximate surface area is 131 Å². The molecule has 2 aromatic rings. The first-order valence-corrected chi connectivity index (χ1v) is 7.89. The average Bonchev–Trinajstić information content (AvgIpc) is 2.88. The van der Waals surface area contributed by atoms with Gasteiger partial charge in [-0.15, -0.1) is 11.3 Å². The summed E-state index contributed by atoms with van der Waals surface area (Å²) < 4.78 is 11.1. The van der Waals surface area contributed by atoms with Crippen LogP contribution in [-0.2, 0) is 6.54 Å². The SMILES string of the molecule is O=C(NCc1cccs1)c1cc(Cl)c2c(c1)OCCCO2. The van der Waals surface area contributed by atoms with Gasteiger partial charge in [0.25, 0.3) is 5.91 Å². The molecule has 2 heterocycles. The number of benzene rings is 1. The van der Waals surface area contributed by atoms with E-state index in [2.05, 4.69) is 5.32 Å². The molecule has 1 N–H and O–H groups in total. The van der Waals surface area contributed by atoms with E-state index >= 15 is 0 Å². The maximum Gasteiger partial charge on any atom is 0.251 e. The molecule has 0 unspecified atom stereocenters. The van der Waals surface area contributed by atoms with E-state index in [4.69, 9.17) is 21.1 Å². The smallest absolute Gasteiger partial charge is 0.251 e. The summed E-state index contributed by atoms with van der Waals surface area (Å²) in [6, 6.07) is 7.22. The summed E-state index contributed by atoms with van der Waals surface area (Å²) in [5.74, 6) is 0.867. The van der Waals surface area contributed by atoms with Crippen molar-refractivity contribution in [2.75, 3.05) is 13.2 Å². The first-order chi connectivity index (χ1) is 10.2. The molecular weight excluding hydrogens is 310 g/mol. The van der Waals surface area contributed by atoms with Crippen LogP contribution in [0.4, 0.5) is 0 Å². The fraction of sp³-hybridized carbons (Fsp3) is 0.267. The molecule has 21 heavy (non-hydrogen) atoms. The van der Waals surface area contributed by atoms with Crippen molar-refractivity contribution in [2.45, 2.75) is 13.0 Å². The number of thiophene rings is 1. The van der Waals surface area contributed by atoms with E-state index in [1.165, 1.54) is 0 Å². The molecule has 1 aromatic heterocycles. The van der Waals surface area contributed by atoms with E-state index in [-0.39, 0.29) is 5.91 Å². The summed E-state index contributed by atoms with van der Waals surface area (Å²) in [6.07, 6.45) is 0.797. The lowest BCUT2D eigenvalue weighted by Gasteiger charge is -2.11. The number of nitrogens with one attached hydrogen (secondary N) is 1. The van der Waals surface area contributed by atoms with Crippen LogP contribution in [0.3, 0.4) is 0 Å². The Morgan fingerprint density at radius 2 is 2.19 bits per heavy atom. The molecule has 1 amide bonds. The number of hydrogen-bond acceptors (Lipinski definition) is 4. The second kappa shape index (κ2) is 6.37. The van der Waals surface area contributed by atoms with Crippen LogP contribution in [0.25, 0.3) is 0 Å². The van der Waals surface area contributed by atoms with Gasteiger partial charge in [-0.3, -0.25) is 4.79 Å². The molecule has 0 spiro atoms. The highest BCUT2D eigenvalue weighted by atomic mass is 35.5. The highest BCUT2D eigenvalue weighted by Crippen LogP contribution is 2.37. The van der Waals surface area contributed by atoms with Gasteiger partial charge in [0.15, 0.2) is 11.5 Å². The number of hydrogen-bond donors (Lipinski definition) is 1. The zero-order valence-electron chi connectivity index (χ0n) is 11.2. The summed E-state index contributed by atoms with van der Waals surface area (Å²) in [5, 5.41) is 5.24. The maximum atomic E-state index is 12.2. The van der Waals surface area contributed by atoms with E-state index in [9.17, 15) is 4.79 Å². The molecule has 0 radical (unpaired) electrons. The van der Waals surface area contributed by atoms with Crippen molar-refractivity contribution < 1.29 is 14.3 Å². The molecule has 1 aliphatic heterocycles. The Hall–Kier alpha value is -1.72. The predicted octanol–water partition coefficient (Wildman–Crippen LogP) is 3.49. The van der Waals surface area contributed by atoms with Crippen LogP contribution in [0.5, 0.6) is 11.5 Å². The topological polar surface area (TPSA) is 47.6 Å². The van der Waals surface area contributed by atoms with Crippen LogP contribution in [0.15, 0.2) is 29.6 Å². The summed E-state index contributed by atoms with van der Waals surface area (Å²) in [5.41, 5.74) is 0.473. The number of rotatable bonds is 3. The van der Waals surface area contributed by atoms with E-state index in [1.807, 2.05) is 17.5 Å². The van der Waals surface area contributed by atoms with E-state index in [1.54, 1.807) is 23.5 Å². The number of amides is 1. The van der Waals surface area contributed by atoms with Crippen molar-refractivity contribution >= 4 is 28.8 Å². The Kier molecular flexibility index (Phi) is 4.31. The van der Waals surface area contributed by atoms with Crippen LogP contribution in [0.1, 0.15) is 21.7 Å². The van der Waals surface area contributed by atoms with Gasteiger partial charge in [0, 0.05) is 16.9 Å². The molecule has 0 saturated carbocycles. The number of halogens is 1. The average molecular weight is 324 g/mol. The molecule has 0 saturated heterocycles. The number of carbonyl (C=O) groups is 1. The zero-order valence-corrected chi connectivity index (χ0v) is 12.8. The normalized spacial score (nSPS) is 13.6. The van der Waals surface area contributed by atoms with Gasteiger partial charge in [0.1, 0.15) is 0 Å². The highest BCUT2D eigenvalue weighted by Gasteiger charge is 2.18. The second-order valence-corrected chi connectivity index (χ2v) is 6.04. The Balaban J connectivity index is 1.77. The molecule has 0 atom stereocenters. The van der Waals surface area contributed by atoms with E-state index < -0.39 is 0 Å². The number of fused-ring (bicyclic) bond motifs is 1. The van der Waals surface area contributed by atoms with Crippen molar-refractivity contribution in [3.8, 4) is 11.5 Å². The molecular formula is C15H14ClNO3S. The van der Waals surface area contributed by atoms with Crippen molar-refractivity contribution in [3.05, 3.63) is 45.1 Å². The van der Waals surface area contributed by atoms with Gasteiger partial charge in [-0.25, -0.2) is 0 Å². The minimum atomic E-state index is -0.180. The minimum absolute atomic E-state index is 0.180. The highest BCUT2D eigenvalue weighted by molar-refractivity contribution is 7.09. The van der Waals surface area contributed by atoms with Crippen LogP contribution in [-0.4, -0.2) is 19.1 Å². The Bertz CT molecular complexity index is 643. The summed E-state index contributed by atoms with van der Waals surface area (Å²) in [6.45, 7) is 1.63. The predicted molar refractivity (Wildman–Crippen MR) is 82.5 cm³/mol. The Morgan fingerprint density at radius 1 is 1.33 bits per heavy atom. The summed E-state index contributed by atoms with van der Waals surface area (Å²) in [4.78, 5) is 13.3. The Morgan fingerprint density at radius 3 is 3.00 bits per heavy atom. The third-order valence-corrected chi connectivity index (χ3v) is 4.22. The number of ether oxygens (including phenoxy) is 2. The van der Waals surface area contributed by atoms with Gasteiger partial charge in [0.05, 0.1) is 24.8 Å². The standard InChI is InChI=1S/C15H14ClNO3S/c16-12-7-10(8-13-14(12)20-5-2-4-19-13)15(18)17-9-11-3-1-6-21-11/h1,3,6-8H,2,4-5,9H2,(H,17,18). The molecule has 6 heteroatoms. The van der Waals surface area contributed by atoms with Gasteiger partial charge in [-0.2, -0.15) is 0 Å². The lowest BCUT2D eigenvalue weighted by molar-refractivity contribution is 0.0951. The maximum absolute atomic E-state index is 12.2. The molecule has 1 aliphatic rings. The second-order valence-electron chi connectivity index (χ2n) is 4.60. The first-order valence-electron chi connectivity index (χ1n) is 6.64. The zero-order chi connectivity index (χ0) is 14.7. The summed E-state index contributed by atoms with van der Waals surface area (Å²) in [7, 11) is 0. The van der Waals surface area contributed by atoms with Crippen molar-refractivity contribution in [1.29, 1.82) is 0 Å². The first kappa shape index (κ1) is 14.2. The van der Waals surface area contributed by atoms with Gasteiger partial charge < -0.3 is 14.8 Å². The largest absolute Gasteiger partial charge is 0.489 e. The van der Waals surface area contributed by atoms with Crippen molar-refractivity contribution in [2.24, 2.45) is 0 Å². The quantitative estimate of drug-likeness (QED) is 0.940. The fourth-order valence-electron chi connectivity index (χ4n) is 2.04. The van der Waals surface area contributed by atoms with Crippen LogP contribution < -0.4 is 14.8 Å². The van der Waals surface area contributed by atoms with Crippen LogP contribution in [0, 0.1) is 0 Å². The van der Waals surface area contributed by atoms with Crippen LogP contribution >= 0.6 is 22.9 Å². The lowest BCUT2D eigenvalue weighted by Crippen LogP contribution is -2.22.